The molecule has 0 bridgehead atoms. The number of pyridine rings is 1. The zero-order chi connectivity index (χ0) is 13.4. The smallest absolute Gasteiger partial charge is 0.0575 e. The van der Waals surface area contributed by atoms with Gasteiger partial charge in [0, 0.05) is 19.1 Å². The topological polar surface area (TPSA) is 28.2 Å². The minimum atomic E-state index is 0.514. The predicted octanol–water partition coefficient (Wildman–Crippen LogP) is 3.92. The molecule has 0 unspecified atom stereocenters. The summed E-state index contributed by atoms with van der Waals surface area (Å²) in [6, 6.07) is 2.71. The minimum absolute atomic E-state index is 0.514. The summed E-state index contributed by atoms with van der Waals surface area (Å²) in [5.41, 5.74) is 2.33. The third-order valence-corrected chi connectivity index (χ3v) is 3.06. The Hall–Kier alpha value is -1.25. The third kappa shape index (κ3) is 4.55. The van der Waals surface area contributed by atoms with Crippen molar-refractivity contribution in [3.8, 4) is 0 Å². The highest BCUT2D eigenvalue weighted by atomic mass is 15.2. The molecule has 0 aromatic carbocycles. The molecule has 1 heterocycles. The van der Waals surface area contributed by atoms with Crippen LogP contribution in [-0.4, -0.2) is 24.1 Å². The van der Waals surface area contributed by atoms with Crippen molar-refractivity contribution in [1.29, 1.82) is 0 Å². The van der Waals surface area contributed by atoms with E-state index in [1.54, 1.807) is 0 Å². The Morgan fingerprint density at radius 3 is 2.61 bits per heavy atom. The Labute approximate surface area is 112 Å². The minimum Gasteiger partial charge on any atom is -0.384 e. The summed E-state index contributed by atoms with van der Waals surface area (Å²) in [5, 5.41) is 3.32. The van der Waals surface area contributed by atoms with Crippen LogP contribution in [0, 0.1) is 0 Å². The maximum atomic E-state index is 4.33. The molecule has 0 spiro atoms. The van der Waals surface area contributed by atoms with Crippen LogP contribution in [0.25, 0.3) is 0 Å². The van der Waals surface area contributed by atoms with E-state index in [1.807, 2.05) is 12.4 Å². The Morgan fingerprint density at radius 2 is 2.00 bits per heavy atom. The maximum absolute atomic E-state index is 4.33. The van der Waals surface area contributed by atoms with Crippen LogP contribution < -0.4 is 10.2 Å². The molecule has 18 heavy (non-hydrogen) atoms. The highest BCUT2D eigenvalue weighted by Crippen LogP contribution is 2.20. The second-order valence-corrected chi connectivity index (χ2v) is 4.96. The number of nitrogens with one attached hydrogen (secondary N) is 1. The van der Waals surface area contributed by atoms with E-state index in [4.69, 9.17) is 0 Å². The van der Waals surface area contributed by atoms with Gasteiger partial charge in [-0.1, -0.05) is 19.8 Å². The van der Waals surface area contributed by atoms with E-state index >= 15 is 0 Å². The first kappa shape index (κ1) is 14.8. The molecule has 102 valence electrons. The van der Waals surface area contributed by atoms with Crippen molar-refractivity contribution in [2.75, 3.05) is 23.3 Å². The molecule has 0 aliphatic heterocycles. The van der Waals surface area contributed by atoms with Gasteiger partial charge < -0.3 is 10.2 Å². The van der Waals surface area contributed by atoms with Crippen LogP contribution in [0.15, 0.2) is 18.5 Å². The normalized spacial score (nSPS) is 10.7. The van der Waals surface area contributed by atoms with Gasteiger partial charge in [-0.2, -0.15) is 0 Å². The van der Waals surface area contributed by atoms with Crippen LogP contribution in [0.1, 0.15) is 47.0 Å². The molecule has 1 N–H and O–H groups in total. The fourth-order valence-corrected chi connectivity index (χ4v) is 2.10. The van der Waals surface area contributed by atoms with E-state index in [0.29, 0.717) is 6.04 Å². The van der Waals surface area contributed by atoms with Gasteiger partial charge in [-0.05, 0) is 33.3 Å². The molecule has 1 aromatic rings. The van der Waals surface area contributed by atoms with Crippen LogP contribution in [0.5, 0.6) is 0 Å². The number of hydrogen-bond donors (Lipinski definition) is 1. The van der Waals surface area contributed by atoms with Crippen molar-refractivity contribution in [3.63, 3.8) is 0 Å². The van der Waals surface area contributed by atoms with Crippen LogP contribution in [0.3, 0.4) is 0 Å². The summed E-state index contributed by atoms with van der Waals surface area (Å²) >= 11 is 0. The van der Waals surface area contributed by atoms with Crippen LogP contribution in [0.2, 0.25) is 0 Å². The molecular formula is C15H27N3. The highest BCUT2D eigenvalue weighted by molar-refractivity contribution is 5.55. The van der Waals surface area contributed by atoms with Crippen LogP contribution >= 0.6 is 0 Å². The maximum Gasteiger partial charge on any atom is 0.0575 e. The number of anilines is 2. The Morgan fingerprint density at radius 1 is 1.22 bits per heavy atom. The van der Waals surface area contributed by atoms with Crippen molar-refractivity contribution < 1.29 is 0 Å². The fourth-order valence-electron chi connectivity index (χ4n) is 2.10. The van der Waals surface area contributed by atoms with Gasteiger partial charge in [0.15, 0.2) is 0 Å². The van der Waals surface area contributed by atoms with Gasteiger partial charge in [-0.15, -0.1) is 0 Å². The Kier molecular flexibility index (Phi) is 6.55. The lowest BCUT2D eigenvalue weighted by Gasteiger charge is -2.29. The quantitative estimate of drug-likeness (QED) is 0.708. The number of unbranched alkanes of at least 4 members (excludes halogenated alkanes) is 2. The third-order valence-electron chi connectivity index (χ3n) is 3.06. The zero-order valence-corrected chi connectivity index (χ0v) is 12.2. The van der Waals surface area contributed by atoms with Crippen molar-refractivity contribution in [2.24, 2.45) is 0 Å². The molecule has 0 saturated heterocycles. The number of hydrogen-bond acceptors (Lipinski definition) is 3. The zero-order valence-electron chi connectivity index (χ0n) is 12.2. The van der Waals surface area contributed by atoms with E-state index in [9.17, 15) is 0 Å². The lowest BCUT2D eigenvalue weighted by Crippen LogP contribution is -2.31. The van der Waals surface area contributed by atoms with Gasteiger partial charge in [0.1, 0.15) is 0 Å². The first-order chi connectivity index (χ1) is 8.69. The van der Waals surface area contributed by atoms with Gasteiger partial charge in [0.05, 0.1) is 23.8 Å². The summed E-state index contributed by atoms with van der Waals surface area (Å²) < 4.78 is 0. The molecule has 1 aromatic heterocycles. The summed E-state index contributed by atoms with van der Waals surface area (Å²) in [6.07, 6.45) is 7.66. The first-order valence-corrected chi connectivity index (χ1v) is 7.14. The van der Waals surface area contributed by atoms with Crippen molar-refractivity contribution >= 4 is 11.4 Å². The standard InChI is InChI=1S/C15H27N3/c1-5-7-8-9-18(13(3)4)15-10-14(17-6-2)11-16-12-15/h10-13,17H,5-9H2,1-4H3. The number of nitrogens with zero attached hydrogens (tertiary/aromatic N) is 2. The van der Waals surface area contributed by atoms with E-state index in [-0.39, 0.29) is 0 Å². The lowest BCUT2D eigenvalue weighted by molar-refractivity contribution is 0.625. The van der Waals surface area contributed by atoms with Gasteiger partial charge in [0.2, 0.25) is 0 Å². The summed E-state index contributed by atoms with van der Waals surface area (Å²) in [5.74, 6) is 0. The van der Waals surface area contributed by atoms with Crippen molar-refractivity contribution in [1.82, 2.24) is 4.98 Å². The van der Waals surface area contributed by atoms with Gasteiger partial charge in [0.25, 0.3) is 0 Å². The molecule has 0 aliphatic carbocycles. The summed E-state index contributed by atoms with van der Waals surface area (Å²) in [7, 11) is 0. The number of rotatable bonds is 8. The summed E-state index contributed by atoms with van der Waals surface area (Å²) in [6.45, 7) is 10.9. The average molecular weight is 249 g/mol. The molecule has 0 saturated carbocycles. The SMILES string of the molecule is CCCCCN(c1cncc(NCC)c1)C(C)C. The lowest BCUT2D eigenvalue weighted by atomic mass is 10.2. The fraction of sp³-hybridized carbons (Fsp3) is 0.667. The van der Waals surface area contributed by atoms with Crippen LogP contribution in [-0.2, 0) is 0 Å². The van der Waals surface area contributed by atoms with E-state index < -0.39 is 0 Å². The van der Waals surface area contributed by atoms with Gasteiger partial charge >= 0.3 is 0 Å². The van der Waals surface area contributed by atoms with Gasteiger partial charge in [-0.25, -0.2) is 0 Å². The molecule has 0 amide bonds. The Balaban J connectivity index is 2.74. The molecule has 3 heteroatoms. The van der Waals surface area contributed by atoms with E-state index in [0.717, 1.165) is 18.8 Å². The summed E-state index contributed by atoms with van der Waals surface area (Å²) in [4.78, 5) is 6.76. The van der Waals surface area contributed by atoms with Gasteiger partial charge in [-0.3, -0.25) is 4.98 Å². The average Bonchev–Trinajstić information content (AvgIpc) is 2.35. The second kappa shape index (κ2) is 7.96. The van der Waals surface area contributed by atoms with Crippen molar-refractivity contribution in [3.05, 3.63) is 18.5 Å². The van der Waals surface area contributed by atoms with E-state index in [1.165, 1.54) is 24.9 Å². The number of aromatic nitrogens is 1. The second-order valence-electron chi connectivity index (χ2n) is 4.96. The molecule has 1 rings (SSSR count). The van der Waals surface area contributed by atoms with E-state index in [2.05, 4.69) is 49.0 Å². The van der Waals surface area contributed by atoms with Crippen molar-refractivity contribution in [2.45, 2.75) is 53.0 Å². The molecule has 0 atom stereocenters. The monoisotopic (exact) mass is 249 g/mol. The first-order valence-electron chi connectivity index (χ1n) is 7.14. The molecule has 0 fully saturated rings. The Bertz CT molecular complexity index is 336. The largest absolute Gasteiger partial charge is 0.384 e. The molecule has 3 nitrogen and oxygen atoms in total. The highest BCUT2D eigenvalue weighted by Gasteiger charge is 2.10. The predicted molar refractivity (Wildman–Crippen MR) is 80.4 cm³/mol. The molecular weight excluding hydrogens is 222 g/mol. The molecule has 0 radical (unpaired) electrons. The molecule has 0 aliphatic rings. The van der Waals surface area contributed by atoms with Crippen LogP contribution in [0.4, 0.5) is 11.4 Å².